The van der Waals surface area contributed by atoms with Gasteiger partial charge in [-0.1, -0.05) is 35.2 Å². The number of alkyl halides is 1. The van der Waals surface area contributed by atoms with Crippen LogP contribution >= 0.6 is 15.9 Å². The normalized spacial score (nSPS) is 19.3. The molecule has 1 saturated carbocycles. The predicted octanol–water partition coefficient (Wildman–Crippen LogP) is 4.37. The average Bonchev–Trinajstić information content (AvgIpc) is 2.76. The summed E-state index contributed by atoms with van der Waals surface area (Å²) in [5.74, 6) is 1.05. The van der Waals surface area contributed by atoms with Crippen molar-refractivity contribution < 1.29 is 4.42 Å². The number of aryl methyl sites for hydroxylation is 1. The Kier molecular flexibility index (Phi) is 4.91. The van der Waals surface area contributed by atoms with Crippen LogP contribution in [0.1, 0.15) is 43.4 Å². The maximum Gasteiger partial charge on any atom is 0.105 e. The van der Waals surface area contributed by atoms with Crippen LogP contribution in [0.4, 0.5) is 0 Å². The number of halogens is 1. The summed E-state index contributed by atoms with van der Waals surface area (Å²) in [7, 11) is 2.23. The molecule has 0 unspecified atom stereocenters. The Labute approximate surface area is 119 Å². The number of nitrogens with zero attached hydrogens (tertiary/aromatic N) is 1. The van der Waals surface area contributed by atoms with Crippen LogP contribution in [0.15, 0.2) is 16.7 Å². The fourth-order valence-corrected chi connectivity index (χ4v) is 3.87. The number of rotatable bonds is 5. The molecule has 1 aromatic rings. The third kappa shape index (κ3) is 3.39. The lowest BCUT2D eigenvalue weighted by Gasteiger charge is -2.39. The van der Waals surface area contributed by atoms with Crippen LogP contribution in [0, 0.1) is 12.3 Å². The summed E-state index contributed by atoms with van der Waals surface area (Å²) in [6.07, 6.45) is 8.73. The van der Waals surface area contributed by atoms with Gasteiger partial charge in [-0.15, -0.1) is 0 Å². The van der Waals surface area contributed by atoms with Gasteiger partial charge in [0.05, 0.1) is 6.26 Å². The Bertz CT molecular complexity index is 368. The van der Waals surface area contributed by atoms with Crippen molar-refractivity contribution in [3.63, 3.8) is 0 Å². The molecule has 1 aliphatic carbocycles. The molecule has 2 rings (SSSR count). The lowest BCUT2D eigenvalue weighted by Crippen LogP contribution is -2.38. The number of furan rings is 1. The molecule has 0 radical (unpaired) electrons. The van der Waals surface area contributed by atoms with Crippen LogP contribution in [0.5, 0.6) is 0 Å². The standard InChI is InChI=1S/C15H24BrNO/c1-13-14(6-9-18-13)10-17(2)12-15(11-16)7-4-3-5-8-15/h6,9H,3-5,7-8,10-12H2,1-2H3. The van der Waals surface area contributed by atoms with Crippen molar-refractivity contribution in [3.05, 3.63) is 23.7 Å². The molecule has 1 fully saturated rings. The van der Waals surface area contributed by atoms with E-state index in [4.69, 9.17) is 4.42 Å². The van der Waals surface area contributed by atoms with E-state index in [2.05, 4.69) is 33.9 Å². The van der Waals surface area contributed by atoms with E-state index in [1.165, 1.54) is 44.2 Å². The molecule has 102 valence electrons. The zero-order chi connectivity index (χ0) is 13.0. The topological polar surface area (TPSA) is 16.4 Å². The minimum Gasteiger partial charge on any atom is -0.469 e. The van der Waals surface area contributed by atoms with Crippen molar-refractivity contribution in [1.82, 2.24) is 4.90 Å². The largest absolute Gasteiger partial charge is 0.469 e. The Morgan fingerprint density at radius 1 is 1.33 bits per heavy atom. The van der Waals surface area contributed by atoms with Gasteiger partial charge in [0.1, 0.15) is 5.76 Å². The predicted molar refractivity (Wildman–Crippen MR) is 79.1 cm³/mol. The van der Waals surface area contributed by atoms with Gasteiger partial charge in [0, 0.05) is 24.0 Å². The molecule has 0 saturated heterocycles. The molecule has 1 heterocycles. The van der Waals surface area contributed by atoms with Gasteiger partial charge in [0.15, 0.2) is 0 Å². The van der Waals surface area contributed by atoms with E-state index in [9.17, 15) is 0 Å². The molecule has 18 heavy (non-hydrogen) atoms. The van der Waals surface area contributed by atoms with Crippen molar-refractivity contribution in [1.29, 1.82) is 0 Å². The third-order valence-corrected chi connectivity index (χ3v) is 5.40. The fourth-order valence-electron chi connectivity index (χ4n) is 3.13. The summed E-state index contributed by atoms with van der Waals surface area (Å²) in [5.41, 5.74) is 1.81. The maximum atomic E-state index is 5.37. The summed E-state index contributed by atoms with van der Waals surface area (Å²) in [4.78, 5) is 2.45. The highest BCUT2D eigenvalue weighted by atomic mass is 79.9. The van der Waals surface area contributed by atoms with E-state index in [-0.39, 0.29) is 0 Å². The van der Waals surface area contributed by atoms with E-state index in [1.54, 1.807) is 6.26 Å². The highest BCUT2D eigenvalue weighted by Crippen LogP contribution is 2.38. The summed E-state index contributed by atoms with van der Waals surface area (Å²) < 4.78 is 5.37. The summed E-state index contributed by atoms with van der Waals surface area (Å²) in [6.45, 7) is 4.23. The second-order valence-corrected chi connectivity index (χ2v) is 6.43. The van der Waals surface area contributed by atoms with Gasteiger partial charge in [-0.3, -0.25) is 0 Å². The van der Waals surface area contributed by atoms with Crippen molar-refractivity contribution in [2.75, 3.05) is 18.9 Å². The first kappa shape index (κ1) is 14.1. The number of hydrogen-bond donors (Lipinski definition) is 0. The minimum atomic E-state index is 0.491. The van der Waals surface area contributed by atoms with Crippen LogP contribution in [0.3, 0.4) is 0 Å². The van der Waals surface area contributed by atoms with E-state index in [1.807, 2.05) is 6.92 Å². The molecular formula is C15H24BrNO. The lowest BCUT2D eigenvalue weighted by atomic mass is 9.75. The van der Waals surface area contributed by atoms with E-state index < -0.39 is 0 Å². The van der Waals surface area contributed by atoms with E-state index >= 15 is 0 Å². The van der Waals surface area contributed by atoms with Gasteiger partial charge >= 0.3 is 0 Å². The molecule has 1 aliphatic rings. The molecule has 0 spiro atoms. The highest BCUT2D eigenvalue weighted by Gasteiger charge is 2.32. The van der Waals surface area contributed by atoms with Gasteiger partial charge < -0.3 is 9.32 Å². The van der Waals surface area contributed by atoms with Crippen LogP contribution in [-0.4, -0.2) is 23.8 Å². The first-order valence-electron chi connectivity index (χ1n) is 6.93. The molecule has 0 aliphatic heterocycles. The first-order valence-corrected chi connectivity index (χ1v) is 8.05. The van der Waals surface area contributed by atoms with Crippen LogP contribution in [0.25, 0.3) is 0 Å². The molecule has 1 aromatic heterocycles. The summed E-state index contributed by atoms with van der Waals surface area (Å²) in [5, 5.41) is 1.13. The molecule has 0 atom stereocenters. The summed E-state index contributed by atoms with van der Waals surface area (Å²) in [6, 6.07) is 2.09. The van der Waals surface area contributed by atoms with E-state index in [0.717, 1.165) is 17.6 Å². The van der Waals surface area contributed by atoms with Crippen LogP contribution < -0.4 is 0 Å². The Hall–Kier alpha value is -0.280. The highest BCUT2D eigenvalue weighted by molar-refractivity contribution is 9.09. The molecular weight excluding hydrogens is 290 g/mol. The molecule has 0 amide bonds. The average molecular weight is 314 g/mol. The van der Waals surface area contributed by atoms with Crippen molar-refractivity contribution in [2.45, 2.75) is 45.6 Å². The minimum absolute atomic E-state index is 0.491. The molecule has 2 nitrogen and oxygen atoms in total. The second-order valence-electron chi connectivity index (χ2n) is 5.87. The molecule has 0 bridgehead atoms. The zero-order valence-corrected chi connectivity index (χ0v) is 13.1. The SMILES string of the molecule is Cc1occc1CN(C)CC1(CBr)CCCCC1. The summed E-state index contributed by atoms with van der Waals surface area (Å²) >= 11 is 3.74. The molecule has 0 N–H and O–H groups in total. The lowest BCUT2D eigenvalue weighted by molar-refractivity contribution is 0.141. The van der Waals surface area contributed by atoms with Crippen LogP contribution in [-0.2, 0) is 6.54 Å². The molecule has 0 aromatic carbocycles. The van der Waals surface area contributed by atoms with Gasteiger partial charge in [-0.25, -0.2) is 0 Å². The number of hydrogen-bond acceptors (Lipinski definition) is 2. The van der Waals surface area contributed by atoms with Gasteiger partial charge in [0.25, 0.3) is 0 Å². The Morgan fingerprint density at radius 2 is 2.06 bits per heavy atom. The molecule has 3 heteroatoms. The maximum absolute atomic E-state index is 5.37. The van der Waals surface area contributed by atoms with E-state index in [0.29, 0.717) is 5.41 Å². The Balaban J connectivity index is 1.93. The van der Waals surface area contributed by atoms with Gasteiger partial charge in [-0.2, -0.15) is 0 Å². The zero-order valence-electron chi connectivity index (χ0n) is 11.5. The monoisotopic (exact) mass is 313 g/mol. The third-order valence-electron chi connectivity index (χ3n) is 4.21. The van der Waals surface area contributed by atoms with Crippen molar-refractivity contribution >= 4 is 15.9 Å². The van der Waals surface area contributed by atoms with Gasteiger partial charge in [-0.05, 0) is 38.3 Å². The smallest absolute Gasteiger partial charge is 0.105 e. The van der Waals surface area contributed by atoms with Crippen molar-refractivity contribution in [2.24, 2.45) is 5.41 Å². The second kappa shape index (κ2) is 6.25. The van der Waals surface area contributed by atoms with Crippen LogP contribution in [0.2, 0.25) is 0 Å². The Morgan fingerprint density at radius 3 is 2.61 bits per heavy atom. The van der Waals surface area contributed by atoms with Crippen molar-refractivity contribution in [3.8, 4) is 0 Å². The van der Waals surface area contributed by atoms with Gasteiger partial charge in [0.2, 0.25) is 0 Å². The quantitative estimate of drug-likeness (QED) is 0.751. The first-order chi connectivity index (χ1) is 8.65. The fraction of sp³-hybridized carbons (Fsp3) is 0.733.